The van der Waals surface area contributed by atoms with E-state index < -0.39 is 24.7 Å². The first-order chi connectivity index (χ1) is 8.74. The van der Waals surface area contributed by atoms with Gasteiger partial charge in [0.1, 0.15) is 12.4 Å². The van der Waals surface area contributed by atoms with Crippen LogP contribution in [0.4, 0.5) is 19.0 Å². The largest absolute Gasteiger partial charge is 0.464 e. The molecule has 1 heterocycles. The van der Waals surface area contributed by atoms with Crippen molar-refractivity contribution in [2.75, 3.05) is 18.6 Å². The van der Waals surface area contributed by atoms with Gasteiger partial charge in [-0.15, -0.1) is 0 Å². The van der Waals surface area contributed by atoms with Gasteiger partial charge in [-0.25, -0.2) is 14.8 Å². The van der Waals surface area contributed by atoms with Crippen LogP contribution in [0.5, 0.6) is 0 Å². The Bertz CT molecular complexity index is 432. The summed E-state index contributed by atoms with van der Waals surface area (Å²) in [5, 5.41) is 0. The number of hydrogen-bond donors (Lipinski definition) is 0. The summed E-state index contributed by atoms with van der Waals surface area (Å²) in [5.74, 6) is -0.633. The molecule has 0 N–H and O–H groups in total. The Hall–Kier alpha value is -1.86. The smallest absolute Gasteiger partial charge is 0.405 e. The van der Waals surface area contributed by atoms with E-state index >= 15 is 0 Å². The number of ether oxygens (including phenoxy) is 1. The third-order valence-electron chi connectivity index (χ3n) is 2.30. The molecule has 0 spiro atoms. The number of hydrogen-bond acceptors (Lipinski definition) is 5. The molecule has 0 bridgehead atoms. The van der Waals surface area contributed by atoms with Crippen LogP contribution in [-0.2, 0) is 4.74 Å². The van der Waals surface area contributed by atoms with E-state index in [-0.39, 0.29) is 11.5 Å². The molecule has 0 saturated carbocycles. The summed E-state index contributed by atoms with van der Waals surface area (Å²) in [4.78, 5) is 19.7. The van der Waals surface area contributed by atoms with Crippen LogP contribution < -0.4 is 4.90 Å². The van der Waals surface area contributed by atoms with Crippen LogP contribution in [0.1, 0.15) is 24.3 Å². The van der Waals surface area contributed by atoms with Gasteiger partial charge in [-0.3, -0.25) is 0 Å². The van der Waals surface area contributed by atoms with Crippen LogP contribution >= 0.6 is 0 Å². The van der Waals surface area contributed by atoms with E-state index in [9.17, 15) is 18.0 Å². The van der Waals surface area contributed by atoms with Gasteiger partial charge in [0, 0.05) is 6.04 Å². The SMILES string of the molecule is COC(=O)c1cnc(N(CC(F)(F)F)C(C)C)cn1. The van der Waals surface area contributed by atoms with E-state index in [4.69, 9.17) is 0 Å². The normalized spacial score (nSPS) is 11.5. The maximum Gasteiger partial charge on any atom is 0.405 e. The Labute approximate surface area is 108 Å². The Kier molecular flexibility index (Phi) is 4.68. The summed E-state index contributed by atoms with van der Waals surface area (Å²) >= 11 is 0. The quantitative estimate of drug-likeness (QED) is 0.788. The summed E-state index contributed by atoms with van der Waals surface area (Å²) in [6.45, 7) is 2.10. The zero-order chi connectivity index (χ0) is 14.6. The highest BCUT2D eigenvalue weighted by molar-refractivity contribution is 5.86. The highest BCUT2D eigenvalue weighted by Crippen LogP contribution is 2.22. The van der Waals surface area contributed by atoms with Gasteiger partial charge >= 0.3 is 12.1 Å². The van der Waals surface area contributed by atoms with Crippen molar-refractivity contribution >= 4 is 11.8 Å². The van der Waals surface area contributed by atoms with Crippen molar-refractivity contribution in [1.82, 2.24) is 9.97 Å². The molecule has 1 aromatic rings. The Morgan fingerprint density at radius 3 is 2.37 bits per heavy atom. The maximum atomic E-state index is 12.4. The van der Waals surface area contributed by atoms with Crippen LogP contribution in [0, 0.1) is 0 Å². The molecule has 106 valence electrons. The lowest BCUT2D eigenvalue weighted by Gasteiger charge is -2.28. The number of carbonyl (C=O) groups excluding carboxylic acids is 1. The molecule has 0 aliphatic carbocycles. The van der Waals surface area contributed by atoms with Gasteiger partial charge in [0.25, 0.3) is 0 Å². The first-order valence-electron chi connectivity index (χ1n) is 5.48. The van der Waals surface area contributed by atoms with Crippen molar-refractivity contribution < 1.29 is 22.7 Å². The summed E-state index contributed by atoms with van der Waals surface area (Å²) in [7, 11) is 1.18. The van der Waals surface area contributed by atoms with E-state index in [0.717, 1.165) is 17.3 Å². The van der Waals surface area contributed by atoms with E-state index in [1.807, 2.05) is 0 Å². The molecular formula is C11H14F3N3O2. The first-order valence-corrected chi connectivity index (χ1v) is 5.48. The standard InChI is InChI=1S/C11H14F3N3O2/c1-7(2)17(6-11(12,13)14)9-5-15-8(4-16-9)10(18)19-3/h4-5,7H,6H2,1-3H3. The van der Waals surface area contributed by atoms with Crippen LogP contribution in [0.15, 0.2) is 12.4 Å². The maximum absolute atomic E-state index is 12.4. The van der Waals surface area contributed by atoms with Crippen molar-refractivity contribution in [2.45, 2.75) is 26.1 Å². The van der Waals surface area contributed by atoms with Crippen molar-refractivity contribution in [3.63, 3.8) is 0 Å². The number of methoxy groups -OCH3 is 1. The van der Waals surface area contributed by atoms with Gasteiger partial charge in [0.2, 0.25) is 0 Å². The second-order valence-electron chi connectivity index (χ2n) is 4.09. The fourth-order valence-corrected chi connectivity index (χ4v) is 1.40. The zero-order valence-corrected chi connectivity index (χ0v) is 10.7. The van der Waals surface area contributed by atoms with Gasteiger partial charge in [-0.2, -0.15) is 13.2 Å². The highest BCUT2D eigenvalue weighted by atomic mass is 19.4. The molecule has 0 aliphatic rings. The van der Waals surface area contributed by atoms with Crippen molar-refractivity contribution in [3.8, 4) is 0 Å². The van der Waals surface area contributed by atoms with Gasteiger partial charge in [0.05, 0.1) is 19.5 Å². The third kappa shape index (κ3) is 4.38. The van der Waals surface area contributed by atoms with Crippen molar-refractivity contribution in [2.24, 2.45) is 0 Å². The molecule has 0 fully saturated rings. The predicted octanol–water partition coefficient (Wildman–Crippen LogP) is 2.04. The Balaban J connectivity index is 2.95. The topological polar surface area (TPSA) is 55.3 Å². The number of halogens is 3. The van der Waals surface area contributed by atoms with Crippen molar-refractivity contribution in [1.29, 1.82) is 0 Å². The average Bonchev–Trinajstić information content (AvgIpc) is 2.34. The summed E-state index contributed by atoms with van der Waals surface area (Å²) in [6, 6.07) is -0.403. The summed E-state index contributed by atoms with van der Waals surface area (Å²) < 4.78 is 41.8. The fraction of sp³-hybridized carbons (Fsp3) is 0.545. The average molecular weight is 277 g/mol. The first kappa shape index (κ1) is 15.2. The third-order valence-corrected chi connectivity index (χ3v) is 2.30. The van der Waals surface area contributed by atoms with Gasteiger partial charge in [-0.1, -0.05) is 0 Å². The molecule has 0 atom stereocenters. The molecule has 19 heavy (non-hydrogen) atoms. The Morgan fingerprint density at radius 2 is 2.00 bits per heavy atom. The number of rotatable bonds is 4. The van der Waals surface area contributed by atoms with Crippen molar-refractivity contribution in [3.05, 3.63) is 18.1 Å². The molecule has 0 amide bonds. The number of alkyl halides is 3. The molecule has 1 aromatic heterocycles. The minimum atomic E-state index is -4.34. The lowest BCUT2D eigenvalue weighted by Crippen LogP contribution is -2.39. The minimum Gasteiger partial charge on any atom is -0.464 e. The number of esters is 1. The molecule has 8 heteroatoms. The lowest BCUT2D eigenvalue weighted by atomic mass is 10.3. The highest BCUT2D eigenvalue weighted by Gasteiger charge is 2.32. The van der Waals surface area contributed by atoms with E-state index in [2.05, 4.69) is 14.7 Å². The van der Waals surface area contributed by atoms with Gasteiger partial charge < -0.3 is 9.64 Å². The molecule has 1 rings (SSSR count). The van der Waals surface area contributed by atoms with Crippen LogP contribution in [0.2, 0.25) is 0 Å². The lowest BCUT2D eigenvalue weighted by molar-refractivity contribution is -0.120. The molecule has 0 aliphatic heterocycles. The van der Waals surface area contributed by atoms with Gasteiger partial charge in [0.15, 0.2) is 5.69 Å². The second-order valence-corrected chi connectivity index (χ2v) is 4.09. The van der Waals surface area contributed by atoms with E-state index in [0.29, 0.717) is 0 Å². The van der Waals surface area contributed by atoms with Crippen LogP contribution in [-0.4, -0.2) is 41.8 Å². The number of carbonyl (C=O) groups is 1. The predicted molar refractivity (Wildman–Crippen MR) is 61.9 cm³/mol. The molecule has 0 aromatic carbocycles. The van der Waals surface area contributed by atoms with Crippen LogP contribution in [0.3, 0.4) is 0 Å². The molecule has 0 radical (unpaired) electrons. The molecule has 5 nitrogen and oxygen atoms in total. The Morgan fingerprint density at radius 1 is 1.37 bits per heavy atom. The summed E-state index contributed by atoms with van der Waals surface area (Å²) in [5.41, 5.74) is -0.0537. The molecule has 0 saturated heterocycles. The molecular weight excluding hydrogens is 263 g/mol. The van der Waals surface area contributed by atoms with Crippen LogP contribution in [0.25, 0.3) is 0 Å². The van der Waals surface area contributed by atoms with E-state index in [1.54, 1.807) is 13.8 Å². The fourth-order valence-electron chi connectivity index (χ4n) is 1.40. The van der Waals surface area contributed by atoms with E-state index in [1.165, 1.54) is 7.11 Å². The number of nitrogens with zero attached hydrogens (tertiary/aromatic N) is 3. The monoisotopic (exact) mass is 277 g/mol. The van der Waals surface area contributed by atoms with Gasteiger partial charge in [-0.05, 0) is 13.8 Å². The second kappa shape index (κ2) is 5.85. The zero-order valence-electron chi connectivity index (χ0n) is 10.7. The number of aromatic nitrogens is 2. The number of anilines is 1. The molecule has 0 unspecified atom stereocenters. The minimum absolute atomic E-state index is 0.0537. The summed E-state index contributed by atoms with van der Waals surface area (Å²) in [6.07, 6.45) is -2.13.